The van der Waals surface area contributed by atoms with Crippen LogP contribution >= 0.6 is 0 Å². The van der Waals surface area contributed by atoms with Crippen LogP contribution in [0, 0.1) is 13.8 Å². The number of aryl methyl sites for hydroxylation is 2. The molecule has 0 unspecified atom stereocenters. The lowest BCUT2D eigenvalue weighted by Crippen LogP contribution is -1.90. The maximum absolute atomic E-state index is 3.66. The molecule has 0 aliphatic heterocycles. The van der Waals surface area contributed by atoms with Crippen molar-refractivity contribution in [2.45, 2.75) is 13.8 Å². The molecule has 6 aromatic carbocycles. The van der Waals surface area contributed by atoms with Crippen LogP contribution in [0.1, 0.15) is 11.1 Å². The Bertz CT molecular complexity index is 2080. The Labute approximate surface area is 232 Å². The molecular weight excluding hydrogens is 484 g/mol. The van der Waals surface area contributed by atoms with Crippen molar-refractivity contribution in [3.63, 3.8) is 0 Å². The van der Waals surface area contributed by atoms with E-state index < -0.39 is 0 Å². The van der Waals surface area contributed by atoms with Crippen molar-refractivity contribution in [2.75, 3.05) is 0 Å². The van der Waals surface area contributed by atoms with E-state index in [9.17, 15) is 0 Å². The molecular formula is C38H28N2. The molecule has 0 aliphatic carbocycles. The molecule has 0 bridgehead atoms. The number of fused-ring (bicyclic) bond motifs is 6. The predicted octanol–water partition coefficient (Wildman–Crippen LogP) is 10.6. The first-order valence-electron chi connectivity index (χ1n) is 13.9. The Kier molecular flexibility index (Phi) is 4.99. The van der Waals surface area contributed by atoms with Gasteiger partial charge in [0.15, 0.2) is 0 Å². The molecule has 2 heteroatoms. The average molecular weight is 513 g/mol. The molecule has 0 radical (unpaired) electrons. The lowest BCUT2D eigenvalue weighted by Gasteiger charge is -2.14. The molecule has 0 saturated carbocycles. The summed E-state index contributed by atoms with van der Waals surface area (Å²) in [6.07, 6.45) is 0. The van der Waals surface area contributed by atoms with Crippen LogP contribution in [0.25, 0.3) is 77.0 Å². The van der Waals surface area contributed by atoms with E-state index in [0.717, 1.165) is 0 Å². The number of rotatable bonds is 3. The minimum Gasteiger partial charge on any atom is -0.354 e. The minimum atomic E-state index is 1.18. The predicted molar refractivity (Wildman–Crippen MR) is 171 cm³/mol. The molecule has 2 heterocycles. The second-order valence-electron chi connectivity index (χ2n) is 10.9. The standard InChI is InChI=1S/C38H28N2/c1-23-21-25(29-11-7-13-33-31-9-3-5-15-35(31)39-37(29)33)17-19-27(23)28-20-18-26(22-24(28)2)30-12-8-14-34-32-10-4-6-16-36(32)40-38(30)34/h3-22,39-40H,1-2H3. The number of hydrogen-bond acceptors (Lipinski definition) is 0. The van der Waals surface area contributed by atoms with E-state index in [1.165, 1.54) is 88.1 Å². The van der Waals surface area contributed by atoms with E-state index in [1.807, 2.05) is 0 Å². The van der Waals surface area contributed by atoms with Gasteiger partial charge in [0.05, 0.1) is 11.0 Å². The van der Waals surface area contributed by atoms with Crippen LogP contribution in [-0.4, -0.2) is 9.97 Å². The third-order valence-electron chi connectivity index (χ3n) is 8.45. The molecule has 40 heavy (non-hydrogen) atoms. The van der Waals surface area contributed by atoms with Crippen LogP contribution in [0.5, 0.6) is 0 Å². The molecule has 0 atom stereocenters. The van der Waals surface area contributed by atoms with Gasteiger partial charge in [0.25, 0.3) is 0 Å². The van der Waals surface area contributed by atoms with Crippen molar-refractivity contribution in [3.8, 4) is 33.4 Å². The van der Waals surface area contributed by atoms with Gasteiger partial charge in [-0.15, -0.1) is 0 Å². The maximum Gasteiger partial charge on any atom is 0.0544 e. The van der Waals surface area contributed by atoms with Crippen molar-refractivity contribution in [1.29, 1.82) is 0 Å². The highest BCUT2D eigenvalue weighted by Crippen LogP contribution is 2.38. The second-order valence-corrected chi connectivity index (χ2v) is 10.9. The summed E-state index contributed by atoms with van der Waals surface area (Å²) in [5.41, 5.74) is 14.8. The molecule has 2 N–H and O–H groups in total. The SMILES string of the molecule is Cc1cc(-c2cccc3c2[nH]c2ccccc23)ccc1-c1ccc(-c2cccc3c2[nH]c2ccccc23)cc1C. The van der Waals surface area contributed by atoms with E-state index in [2.05, 4.69) is 145 Å². The lowest BCUT2D eigenvalue weighted by atomic mass is 9.91. The Morgan fingerprint density at radius 3 is 1.25 bits per heavy atom. The molecule has 0 amide bonds. The van der Waals surface area contributed by atoms with Crippen LogP contribution in [-0.2, 0) is 0 Å². The van der Waals surface area contributed by atoms with Crippen LogP contribution in [0.2, 0.25) is 0 Å². The lowest BCUT2D eigenvalue weighted by molar-refractivity contribution is 1.40. The zero-order valence-electron chi connectivity index (χ0n) is 22.5. The fraction of sp³-hybridized carbons (Fsp3) is 0.0526. The van der Waals surface area contributed by atoms with E-state index in [0.29, 0.717) is 0 Å². The van der Waals surface area contributed by atoms with Gasteiger partial charge in [-0.3, -0.25) is 0 Å². The summed E-state index contributed by atoms with van der Waals surface area (Å²) in [4.78, 5) is 7.32. The van der Waals surface area contributed by atoms with Crippen LogP contribution < -0.4 is 0 Å². The normalized spacial score (nSPS) is 11.8. The van der Waals surface area contributed by atoms with Crippen molar-refractivity contribution in [2.24, 2.45) is 0 Å². The molecule has 0 saturated heterocycles. The van der Waals surface area contributed by atoms with Crippen molar-refractivity contribution in [1.82, 2.24) is 9.97 Å². The highest BCUT2D eigenvalue weighted by Gasteiger charge is 2.14. The number of aromatic amines is 2. The topological polar surface area (TPSA) is 31.6 Å². The molecule has 8 rings (SSSR count). The molecule has 2 aromatic heterocycles. The molecule has 190 valence electrons. The first-order valence-corrected chi connectivity index (χ1v) is 13.9. The molecule has 8 aromatic rings. The van der Waals surface area contributed by atoms with Gasteiger partial charge in [0.1, 0.15) is 0 Å². The number of aromatic nitrogens is 2. The van der Waals surface area contributed by atoms with Crippen LogP contribution in [0.3, 0.4) is 0 Å². The van der Waals surface area contributed by atoms with E-state index in [-0.39, 0.29) is 0 Å². The van der Waals surface area contributed by atoms with Gasteiger partial charge in [-0.05, 0) is 59.4 Å². The van der Waals surface area contributed by atoms with Crippen LogP contribution in [0.15, 0.2) is 121 Å². The van der Waals surface area contributed by atoms with Gasteiger partial charge < -0.3 is 9.97 Å². The summed E-state index contributed by atoms with van der Waals surface area (Å²) < 4.78 is 0. The van der Waals surface area contributed by atoms with Crippen molar-refractivity contribution < 1.29 is 0 Å². The number of benzene rings is 6. The Balaban J connectivity index is 1.20. The number of hydrogen-bond donors (Lipinski definition) is 2. The van der Waals surface area contributed by atoms with Gasteiger partial charge in [-0.25, -0.2) is 0 Å². The van der Waals surface area contributed by atoms with Gasteiger partial charge in [-0.2, -0.15) is 0 Å². The first-order chi connectivity index (χ1) is 19.7. The smallest absolute Gasteiger partial charge is 0.0544 e. The minimum absolute atomic E-state index is 1.18. The summed E-state index contributed by atoms with van der Waals surface area (Å²) in [5, 5.41) is 5.08. The molecule has 2 nitrogen and oxygen atoms in total. The number of nitrogens with one attached hydrogen (secondary N) is 2. The van der Waals surface area contributed by atoms with E-state index >= 15 is 0 Å². The Morgan fingerprint density at radius 1 is 0.375 bits per heavy atom. The highest BCUT2D eigenvalue weighted by atomic mass is 14.7. The summed E-state index contributed by atoms with van der Waals surface area (Å²) in [6.45, 7) is 4.45. The molecule has 0 spiro atoms. The zero-order chi connectivity index (χ0) is 26.8. The van der Waals surface area contributed by atoms with E-state index in [4.69, 9.17) is 0 Å². The van der Waals surface area contributed by atoms with Gasteiger partial charge >= 0.3 is 0 Å². The zero-order valence-corrected chi connectivity index (χ0v) is 22.5. The largest absolute Gasteiger partial charge is 0.354 e. The summed E-state index contributed by atoms with van der Waals surface area (Å²) in [6, 6.07) is 44.0. The fourth-order valence-corrected chi connectivity index (χ4v) is 6.49. The maximum atomic E-state index is 3.66. The average Bonchev–Trinajstić information content (AvgIpc) is 3.56. The summed E-state index contributed by atoms with van der Waals surface area (Å²) >= 11 is 0. The highest BCUT2D eigenvalue weighted by molar-refractivity contribution is 6.13. The third-order valence-corrected chi connectivity index (χ3v) is 8.45. The summed E-state index contributed by atoms with van der Waals surface area (Å²) in [5.74, 6) is 0. The fourth-order valence-electron chi connectivity index (χ4n) is 6.49. The van der Waals surface area contributed by atoms with Gasteiger partial charge in [0.2, 0.25) is 0 Å². The van der Waals surface area contributed by atoms with Crippen molar-refractivity contribution in [3.05, 3.63) is 132 Å². The quantitative estimate of drug-likeness (QED) is 0.236. The summed E-state index contributed by atoms with van der Waals surface area (Å²) in [7, 11) is 0. The Morgan fingerprint density at radius 2 is 0.800 bits per heavy atom. The number of para-hydroxylation sites is 4. The van der Waals surface area contributed by atoms with Gasteiger partial charge in [0, 0.05) is 43.7 Å². The molecule has 0 fully saturated rings. The molecule has 0 aliphatic rings. The number of H-pyrrole nitrogens is 2. The van der Waals surface area contributed by atoms with Crippen molar-refractivity contribution >= 4 is 43.6 Å². The monoisotopic (exact) mass is 512 g/mol. The van der Waals surface area contributed by atoms with Gasteiger partial charge in [-0.1, -0.05) is 109 Å². The Hall–Kier alpha value is -5.08. The first kappa shape index (κ1) is 22.9. The van der Waals surface area contributed by atoms with Crippen LogP contribution in [0.4, 0.5) is 0 Å². The third kappa shape index (κ3) is 3.43. The van der Waals surface area contributed by atoms with E-state index in [1.54, 1.807) is 0 Å². The second kappa shape index (κ2) is 8.72.